The summed E-state index contributed by atoms with van der Waals surface area (Å²) >= 11 is 0. The Balaban J connectivity index is 1.73. The predicted octanol–water partition coefficient (Wildman–Crippen LogP) is 3.38. The van der Waals surface area contributed by atoms with E-state index in [0.29, 0.717) is 12.2 Å². The van der Waals surface area contributed by atoms with Gasteiger partial charge < -0.3 is 10.0 Å². The number of carbonyl (C=O) groups is 1. The highest BCUT2D eigenvalue weighted by molar-refractivity contribution is 5.92. The van der Waals surface area contributed by atoms with Gasteiger partial charge >= 0.3 is 0 Å². The molecule has 0 spiro atoms. The summed E-state index contributed by atoms with van der Waals surface area (Å²) in [6, 6.07) is 19.0. The molecule has 0 saturated heterocycles. The van der Waals surface area contributed by atoms with Crippen molar-refractivity contribution in [3.63, 3.8) is 0 Å². The van der Waals surface area contributed by atoms with Crippen molar-refractivity contribution >= 4 is 5.91 Å². The monoisotopic (exact) mass is 349 g/mol. The zero-order chi connectivity index (χ0) is 18.5. The van der Waals surface area contributed by atoms with E-state index in [9.17, 15) is 9.90 Å². The minimum atomic E-state index is -0.726. The van der Waals surface area contributed by atoms with Crippen molar-refractivity contribution in [2.45, 2.75) is 20.0 Å². The van der Waals surface area contributed by atoms with Crippen molar-refractivity contribution in [2.24, 2.45) is 0 Å². The van der Waals surface area contributed by atoms with E-state index in [-0.39, 0.29) is 12.5 Å². The molecule has 1 atom stereocenters. The first-order valence-electron chi connectivity index (χ1n) is 8.73. The van der Waals surface area contributed by atoms with E-state index in [1.54, 1.807) is 21.8 Å². The summed E-state index contributed by atoms with van der Waals surface area (Å²) in [4.78, 5) is 14.4. The number of hydrogen-bond acceptors (Lipinski definition) is 3. The Bertz CT molecular complexity index is 856. The fourth-order valence-corrected chi connectivity index (χ4v) is 2.78. The highest BCUT2D eigenvalue weighted by Crippen LogP contribution is 2.16. The zero-order valence-electron chi connectivity index (χ0n) is 15.0. The van der Waals surface area contributed by atoms with E-state index in [1.165, 1.54) is 0 Å². The molecule has 0 saturated carbocycles. The first kappa shape index (κ1) is 17.9. The molecule has 2 aromatic carbocycles. The number of aliphatic hydroxyl groups excluding tert-OH is 1. The van der Waals surface area contributed by atoms with Crippen molar-refractivity contribution in [3.8, 4) is 5.69 Å². The van der Waals surface area contributed by atoms with Crippen LogP contribution in [0.2, 0.25) is 0 Å². The fourth-order valence-electron chi connectivity index (χ4n) is 2.78. The first-order chi connectivity index (χ1) is 12.6. The number of carbonyl (C=O) groups excluding carboxylic acids is 1. The zero-order valence-corrected chi connectivity index (χ0v) is 15.0. The molecule has 1 N–H and O–H groups in total. The summed E-state index contributed by atoms with van der Waals surface area (Å²) in [5.41, 5.74) is 3.20. The molecule has 1 aromatic heterocycles. The van der Waals surface area contributed by atoms with E-state index < -0.39 is 6.10 Å². The van der Waals surface area contributed by atoms with Gasteiger partial charge in [0, 0.05) is 12.7 Å². The number of rotatable bonds is 6. The van der Waals surface area contributed by atoms with Crippen molar-refractivity contribution in [2.75, 3.05) is 13.1 Å². The minimum absolute atomic E-state index is 0.187. The SMILES string of the molecule is CCN(CC(O)c1ccc(C)cc1)C(=O)c1ccn(-c2ccccc2)n1. The van der Waals surface area contributed by atoms with Crippen LogP contribution in [0, 0.1) is 6.92 Å². The Labute approximate surface area is 153 Å². The van der Waals surface area contributed by atoms with Gasteiger partial charge in [-0.1, -0.05) is 48.0 Å². The second-order valence-corrected chi connectivity index (χ2v) is 6.25. The van der Waals surface area contributed by atoms with E-state index in [4.69, 9.17) is 0 Å². The maximum absolute atomic E-state index is 12.8. The van der Waals surface area contributed by atoms with Crippen molar-refractivity contribution < 1.29 is 9.90 Å². The van der Waals surface area contributed by atoms with Crippen LogP contribution in [-0.2, 0) is 0 Å². The summed E-state index contributed by atoms with van der Waals surface area (Å²) in [6.07, 6.45) is 1.04. The minimum Gasteiger partial charge on any atom is -0.387 e. The highest BCUT2D eigenvalue weighted by Gasteiger charge is 2.21. The van der Waals surface area contributed by atoms with Gasteiger partial charge in [-0.25, -0.2) is 4.68 Å². The molecular formula is C21H23N3O2. The molecule has 0 fully saturated rings. The number of aromatic nitrogens is 2. The summed E-state index contributed by atoms with van der Waals surface area (Å²) < 4.78 is 1.68. The standard InChI is InChI=1S/C21H23N3O2/c1-3-23(15-20(25)17-11-9-16(2)10-12-17)21(26)19-13-14-24(22-19)18-7-5-4-6-8-18/h4-14,20,25H,3,15H2,1-2H3. The van der Waals surface area contributed by atoms with Gasteiger partial charge in [-0.05, 0) is 37.6 Å². The fraction of sp³-hybridized carbons (Fsp3) is 0.238. The van der Waals surface area contributed by atoms with Crippen molar-refractivity contribution in [1.29, 1.82) is 0 Å². The Kier molecular flexibility index (Phi) is 5.49. The van der Waals surface area contributed by atoms with Crippen LogP contribution >= 0.6 is 0 Å². The maximum Gasteiger partial charge on any atom is 0.274 e. The number of benzene rings is 2. The van der Waals surface area contributed by atoms with E-state index >= 15 is 0 Å². The van der Waals surface area contributed by atoms with Gasteiger partial charge in [-0.3, -0.25) is 4.79 Å². The molecule has 134 valence electrons. The van der Waals surface area contributed by atoms with Gasteiger partial charge in [0.1, 0.15) is 0 Å². The van der Waals surface area contributed by atoms with Crippen LogP contribution in [0.4, 0.5) is 0 Å². The van der Waals surface area contributed by atoms with Gasteiger partial charge in [0.05, 0.1) is 18.3 Å². The predicted molar refractivity (Wildman–Crippen MR) is 101 cm³/mol. The average molecular weight is 349 g/mol. The number of hydrogen-bond donors (Lipinski definition) is 1. The third-order valence-corrected chi connectivity index (χ3v) is 4.35. The number of para-hydroxylation sites is 1. The molecule has 26 heavy (non-hydrogen) atoms. The van der Waals surface area contributed by atoms with E-state index in [1.807, 2.05) is 68.4 Å². The normalized spacial score (nSPS) is 12.0. The highest BCUT2D eigenvalue weighted by atomic mass is 16.3. The molecule has 0 aliphatic heterocycles. The molecular weight excluding hydrogens is 326 g/mol. The van der Waals surface area contributed by atoms with E-state index in [2.05, 4.69) is 5.10 Å². The van der Waals surface area contributed by atoms with Crippen LogP contribution in [0.25, 0.3) is 5.69 Å². The molecule has 3 rings (SSSR count). The third-order valence-electron chi connectivity index (χ3n) is 4.35. The van der Waals surface area contributed by atoms with Crippen LogP contribution in [0.3, 0.4) is 0 Å². The second-order valence-electron chi connectivity index (χ2n) is 6.25. The molecule has 5 heteroatoms. The second kappa shape index (κ2) is 7.97. The molecule has 0 radical (unpaired) electrons. The summed E-state index contributed by atoms with van der Waals surface area (Å²) in [5, 5.41) is 14.9. The number of aliphatic hydroxyl groups is 1. The number of nitrogens with zero attached hydrogens (tertiary/aromatic N) is 3. The topological polar surface area (TPSA) is 58.4 Å². The quantitative estimate of drug-likeness (QED) is 0.742. The Hall–Kier alpha value is -2.92. The van der Waals surface area contributed by atoms with Crippen molar-refractivity contribution in [1.82, 2.24) is 14.7 Å². The van der Waals surface area contributed by atoms with Crippen LogP contribution < -0.4 is 0 Å². The molecule has 5 nitrogen and oxygen atoms in total. The Morgan fingerprint density at radius 2 is 1.81 bits per heavy atom. The van der Waals surface area contributed by atoms with Crippen LogP contribution in [-0.4, -0.2) is 38.8 Å². The third kappa shape index (κ3) is 4.00. The van der Waals surface area contributed by atoms with Gasteiger partial charge in [0.15, 0.2) is 5.69 Å². The summed E-state index contributed by atoms with van der Waals surface area (Å²) in [6.45, 7) is 4.63. The molecule has 0 bridgehead atoms. The lowest BCUT2D eigenvalue weighted by Crippen LogP contribution is -2.35. The lowest BCUT2D eigenvalue weighted by atomic mass is 10.1. The lowest BCUT2D eigenvalue weighted by Gasteiger charge is -2.23. The van der Waals surface area contributed by atoms with Crippen LogP contribution in [0.5, 0.6) is 0 Å². The molecule has 1 heterocycles. The number of likely N-dealkylation sites (N-methyl/N-ethyl adjacent to an activating group) is 1. The summed E-state index contributed by atoms with van der Waals surface area (Å²) in [5.74, 6) is -0.187. The molecule has 0 aliphatic rings. The number of aryl methyl sites for hydroxylation is 1. The molecule has 1 unspecified atom stereocenters. The van der Waals surface area contributed by atoms with Crippen molar-refractivity contribution in [3.05, 3.63) is 83.7 Å². The summed E-state index contributed by atoms with van der Waals surface area (Å²) in [7, 11) is 0. The average Bonchev–Trinajstić information content (AvgIpc) is 3.17. The number of amides is 1. The molecule has 1 amide bonds. The van der Waals surface area contributed by atoms with E-state index in [0.717, 1.165) is 16.8 Å². The lowest BCUT2D eigenvalue weighted by molar-refractivity contribution is 0.0629. The molecule has 0 aliphatic carbocycles. The van der Waals surface area contributed by atoms with Crippen LogP contribution in [0.1, 0.15) is 34.6 Å². The largest absolute Gasteiger partial charge is 0.387 e. The van der Waals surface area contributed by atoms with Gasteiger partial charge in [0.2, 0.25) is 0 Å². The van der Waals surface area contributed by atoms with Gasteiger partial charge in [-0.15, -0.1) is 0 Å². The Morgan fingerprint density at radius 3 is 2.46 bits per heavy atom. The van der Waals surface area contributed by atoms with Gasteiger partial charge in [-0.2, -0.15) is 5.10 Å². The molecule has 3 aromatic rings. The Morgan fingerprint density at radius 1 is 1.12 bits per heavy atom. The van der Waals surface area contributed by atoms with Crippen LogP contribution in [0.15, 0.2) is 66.9 Å². The smallest absolute Gasteiger partial charge is 0.274 e. The van der Waals surface area contributed by atoms with Gasteiger partial charge in [0.25, 0.3) is 5.91 Å². The first-order valence-corrected chi connectivity index (χ1v) is 8.73. The maximum atomic E-state index is 12.8.